The molecule has 3 aromatic rings. The highest BCUT2D eigenvalue weighted by Gasteiger charge is 2.27. The molecule has 0 bridgehead atoms. The van der Waals surface area contributed by atoms with Crippen LogP contribution >= 0.6 is 0 Å². The van der Waals surface area contributed by atoms with E-state index in [0.29, 0.717) is 17.2 Å². The van der Waals surface area contributed by atoms with Crippen molar-refractivity contribution in [1.29, 1.82) is 0 Å². The van der Waals surface area contributed by atoms with Crippen molar-refractivity contribution in [2.75, 3.05) is 31.1 Å². The van der Waals surface area contributed by atoms with Gasteiger partial charge in [-0.2, -0.15) is 4.98 Å². The summed E-state index contributed by atoms with van der Waals surface area (Å²) in [6.45, 7) is 9.03. The highest BCUT2D eigenvalue weighted by atomic mass is 16.6. The zero-order chi connectivity index (χ0) is 19.8. The van der Waals surface area contributed by atoms with Crippen LogP contribution in [0.2, 0.25) is 0 Å². The van der Waals surface area contributed by atoms with E-state index in [1.54, 1.807) is 6.07 Å². The number of anilines is 1. The molecule has 0 N–H and O–H groups in total. The second kappa shape index (κ2) is 7.16. The van der Waals surface area contributed by atoms with E-state index in [1.165, 1.54) is 6.07 Å². The molecule has 146 valence electrons. The molecular formula is C19H22N6O3. The van der Waals surface area contributed by atoms with Gasteiger partial charge in [0.05, 0.1) is 11.0 Å². The van der Waals surface area contributed by atoms with Gasteiger partial charge in [0.1, 0.15) is 0 Å². The van der Waals surface area contributed by atoms with Crippen LogP contribution in [0, 0.1) is 24.0 Å². The number of benzene rings is 1. The first-order valence-electron chi connectivity index (χ1n) is 9.28. The minimum atomic E-state index is -0.370. The number of piperazine rings is 1. The Kier molecular flexibility index (Phi) is 4.68. The Morgan fingerprint density at radius 1 is 1.18 bits per heavy atom. The third-order valence-corrected chi connectivity index (χ3v) is 5.22. The van der Waals surface area contributed by atoms with Gasteiger partial charge in [-0.25, -0.2) is 4.98 Å². The van der Waals surface area contributed by atoms with Gasteiger partial charge >= 0.3 is 0 Å². The number of nitro benzene ring substituents is 1. The molecule has 3 heterocycles. The average molecular weight is 382 g/mol. The number of non-ortho nitro benzene ring substituents is 1. The number of pyridine rings is 1. The normalized spacial score (nSPS) is 16.5. The standard InChI is InChI=1S/C19H22N6O3/c1-12-11-17(15-5-4-6-16(25(26)27)18(15)20-12)24-9-7-23(8-10-24)13(2)19-21-14(3)22-28-19/h4-6,11,13H,7-10H2,1-3H3. The minimum absolute atomic E-state index is 0.0430. The molecule has 1 aliphatic heterocycles. The van der Waals surface area contributed by atoms with Crippen molar-refractivity contribution in [3.8, 4) is 0 Å². The van der Waals surface area contributed by atoms with E-state index in [4.69, 9.17) is 4.52 Å². The smallest absolute Gasteiger partial charge is 0.295 e. The molecule has 4 rings (SSSR count). The predicted octanol–water partition coefficient (Wildman–Crippen LogP) is 3.03. The van der Waals surface area contributed by atoms with Gasteiger partial charge in [0.2, 0.25) is 5.89 Å². The van der Waals surface area contributed by atoms with Gasteiger partial charge in [0.15, 0.2) is 11.3 Å². The van der Waals surface area contributed by atoms with Crippen molar-refractivity contribution in [1.82, 2.24) is 20.0 Å². The molecule has 1 aromatic carbocycles. The van der Waals surface area contributed by atoms with Gasteiger partial charge < -0.3 is 9.42 Å². The number of aromatic nitrogens is 3. The van der Waals surface area contributed by atoms with Crippen LogP contribution in [0.4, 0.5) is 11.4 Å². The average Bonchev–Trinajstić information content (AvgIpc) is 3.12. The van der Waals surface area contributed by atoms with Crippen molar-refractivity contribution in [3.63, 3.8) is 0 Å². The lowest BCUT2D eigenvalue weighted by Gasteiger charge is -2.38. The summed E-state index contributed by atoms with van der Waals surface area (Å²) in [5.74, 6) is 1.27. The Bertz CT molecular complexity index is 1030. The highest BCUT2D eigenvalue weighted by Crippen LogP contribution is 2.33. The largest absolute Gasteiger partial charge is 0.368 e. The van der Waals surface area contributed by atoms with Gasteiger partial charge in [-0.15, -0.1) is 0 Å². The molecule has 1 unspecified atom stereocenters. The topological polar surface area (TPSA) is 101 Å². The molecule has 0 amide bonds. The summed E-state index contributed by atoms with van der Waals surface area (Å²) in [4.78, 5) is 24.4. The van der Waals surface area contributed by atoms with Crippen molar-refractivity contribution in [2.45, 2.75) is 26.8 Å². The summed E-state index contributed by atoms with van der Waals surface area (Å²) in [5, 5.41) is 16.1. The van der Waals surface area contributed by atoms with Crippen LogP contribution in [-0.4, -0.2) is 51.1 Å². The lowest BCUT2D eigenvalue weighted by Crippen LogP contribution is -2.47. The maximum absolute atomic E-state index is 11.4. The number of rotatable bonds is 4. The first-order chi connectivity index (χ1) is 13.4. The zero-order valence-electron chi connectivity index (χ0n) is 16.1. The highest BCUT2D eigenvalue weighted by molar-refractivity contribution is 5.97. The Morgan fingerprint density at radius 3 is 2.57 bits per heavy atom. The van der Waals surface area contributed by atoms with Crippen LogP contribution in [-0.2, 0) is 0 Å². The first kappa shape index (κ1) is 18.3. The van der Waals surface area contributed by atoms with Crippen LogP contribution in [0.3, 0.4) is 0 Å². The third kappa shape index (κ3) is 3.29. The van der Waals surface area contributed by atoms with Crippen LogP contribution in [0.5, 0.6) is 0 Å². The number of hydrogen-bond donors (Lipinski definition) is 0. The first-order valence-corrected chi connectivity index (χ1v) is 9.28. The molecule has 0 saturated carbocycles. The number of aryl methyl sites for hydroxylation is 2. The van der Waals surface area contributed by atoms with Crippen molar-refractivity contribution in [3.05, 3.63) is 51.8 Å². The molecular weight excluding hydrogens is 360 g/mol. The van der Waals surface area contributed by atoms with Gasteiger partial charge in [-0.3, -0.25) is 15.0 Å². The summed E-state index contributed by atoms with van der Waals surface area (Å²) in [7, 11) is 0. The van der Waals surface area contributed by atoms with Crippen LogP contribution in [0.25, 0.3) is 10.9 Å². The van der Waals surface area contributed by atoms with Crippen LogP contribution in [0.1, 0.15) is 30.4 Å². The maximum Gasteiger partial charge on any atom is 0.295 e. The zero-order valence-corrected chi connectivity index (χ0v) is 16.1. The van der Waals surface area contributed by atoms with Crippen molar-refractivity contribution >= 4 is 22.3 Å². The van der Waals surface area contributed by atoms with E-state index in [2.05, 4.69) is 31.8 Å². The molecule has 0 radical (unpaired) electrons. The Balaban J connectivity index is 1.59. The molecule has 1 atom stereocenters. The second-order valence-corrected chi connectivity index (χ2v) is 7.09. The summed E-state index contributed by atoms with van der Waals surface area (Å²) in [5.41, 5.74) is 2.25. The quantitative estimate of drug-likeness (QED) is 0.501. The molecule has 1 fully saturated rings. The maximum atomic E-state index is 11.4. The predicted molar refractivity (Wildman–Crippen MR) is 104 cm³/mol. The SMILES string of the molecule is Cc1cc(N2CCN(C(C)c3nc(C)no3)CC2)c2cccc([N+](=O)[O-])c2n1. The Hall–Kier alpha value is -3.07. The van der Waals surface area contributed by atoms with Crippen molar-refractivity contribution in [2.24, 2.45) is 0 Å². The lowest BCUT2D eigenvalue weighted by molar-refractivity contribution is -0.383. The molecule has 2 aromatic heterocycles. The summed E-state index contributed by atoms with van der Waals surface area (Å²) in [6.07, 6.45) is 0. The van der Waals surface area contributed by atoms with E-state index >= 15 is 0 Å². The van der Waals surface area contributed by atoms with Gasteiger partial charge in [-0.1, -0.05) is 17.3 Å². The fraction of sp³-hybridized carbons (Fsp3) is 0.421. The van der Waals surface area contributed by atoms with Crippen LogP contribution < -0.4 is 4.90 Å². The second-order valence-electron chi connectivity index (χ2n) is 7.09. The van der Waals surface area contributed by atoms with E-state index in [9.17, 15) is 10.1 Å². The molecule has 9 nitrogen and oxygen atoms in total. The molecule has 28 heavy (non-hydrogen) atoms. The number of fused-ring (bicyclic) bond motifs is 1. The van der Waals surface area contributed by atoms with Crippen molar-refractivity contribution < 1.29 is 9.45 Å². The monoisotopic (exact) mass is 382 g/mol. The molecule has 0 spiro atoms. The fourth-order valence-electron chi connectivity index (χ4n) is 3.74. The summed E-state index contributed by atoms with van der Waals surface area (Å²) in [6, 6.07) is 7.19. The van der Waals surface area contributed by atoms with E-state index in [1.807, 2.05) is 26.0 Å². The number of hydrogen-bond acceptors (Lipinski definition) is 8. The molecule has 0 aliphatic carbocycles. The summed E-state index contributed by atoms with van der Waals surface area (Å²) < 4.78 is 5.31. The van der Waals surface area contributed by atoms with Gasteiger partial charge in [0.25, 0.3) is 5.69 Å². The summed E-state index contributed by atoms with van der Waals surface area (Å²) >= 11 is 0. The Labute approximate surface area is 162 Å². The van der Waals surface area contributed by atoms with Gasteiger partial charge in [0, 0.05) is 49.0 Å². The number of para-hydroxylation sites is 1. The number of nitrogens with zero attached hydrogens (tertiary/aromatic N) is 6. The van der Waals surface area contributed by atoms with Gasteiger partial charge in [-0.05, 0) is 26.8 Å². The van der Waals surface area contributed by atoms with Crippen LogP contribution in [0.15, 0.2) is 28.8 Å². The number of nitro groups is 1. The molecule has 1 aliphatic rings. The Morgan fingerprint density at radius 2 is 1.93 bits per heavy atom. The van der Waals surface area contributed by atoms with E-state index in [0.717, 1.165) is 42.9 Å². The fourth-order valence-corrected chi connectivity index (χ4v) is 3.74. The minimum Gasteiger partial charge on any atom is -0.368 e. The van der Waals surface area contributed by atoms with E-state index < -0.39 is 0 Å². The molecule has 9 heteroatoms. The van der Waals surface area contributed by atoms with E-state index in [-0.39, 0.29) is 16.7 Å². The third-order valence-electron chi connectivity index (χ3n) is 5.22. The lowest BCUT2D eigenvalue weighted by atomic mass is 10.1. The molecule has 1 saturated heterocycles.